The zero-order chi connectivity index (χ0) is 20.9. The van der Waals surface area contributed by atoms with Gasteiger partial charge < -0.3 is 5.32 Å². The number of carbonyl (C=O) groups excluding carboxylic acids is 1. The number of hydrogen-bond donors (Lipinski definition) is 1. The Morgan fingerprint density at radius 3 is 2.34 bits per heavy atom. The Hall–Kier alpha value is -1.74. The topological polar surface area (TPSA) is 69.7 Å². The Morgan fingerprint density at radius 1 is 1.10 bits per heavy atom. The molecule has 1 aliphatic rings. The van der Waals surface area contributed by atoms with Gasteiger partial charge in [0.15, 0.2) is 0 Å². The highest BCUT2D eigenvalue weighted by atomic mass is 79.9. The smallest absolute Gasteiger partial charge is 0.243 e. The van der Waals surface area contributed by atoms with E-state index in [2.05, 4.69) is 38.3 Å². The molecule has 1 N–H and O–H groups in total. The molecule has 0 aliphatic carbocycles. The van der Waals surface area contributed by atoms with E-state index >= 15 is 0 Å². The maximum Gasteiger partial charge on any atom is 0.243 e. The van der Waals surface area contributed by atoms with Gasteiger partial charge in [-0.1, -0.05) is 46.3 Å². The lowest BCUT2D eigenvalue weighted by molar-refractivity contribution is -0.121. The summed E-state index contributed by atoms with van der Waals surface area (Å²) in [5.74, 6) is -0.312. The van der Waals surface area contributed by atoms with Gasteiger partial charge in [0.1, 0.15) is 0 Å². The molecule has 2 aromatic rings. The molecule has 1 aliphatic heterocycles. The van der Waals surface area contributed by atoms with Crippen molar-refractivity contribution in [1.82, 2.24) is 14.5 Å². The summed E-state index contributed by atoms with van der Waals surface area (Å²) in [6, 6.07) is 16.6. The van der Waals surface area contributed by atoms with Crippen LogP contribution >= 0.6 is 15.9 Å². The number of hydrogen-bond acceptors (Lipinski definition) is 4. The van der Waals surface area contributed by atoms with Gasteiger partial charge in [0.25, 0.3) is 0 Å². The SMILES string of the molecule is CN(CC(=O)NCC(c1ccccc1)N1CCCC1)S(=O)(=O)c1ccc(Br)cc1. The van der Waals surface area contributed by atoms with Crippen LogP contribution in [0.5, 0.6) is 0 Å². The van der Waals surface area contributed by atoms with Crippen LogP contribution in [0, 0.1) is 0 Å². The highest BCUT2D eigenvalue weighted by Gasteiger charge is 2.26. The standard InChI is InChI=1S/C21H26BrN3O3S/c1-24(29(27,28)19-11-9-18(22)10-12-19)16-21(26)23-15-20(25-13-5-6-14-25)17-7-3-2-4-8-17/h2-4,7-12,20H,5-6,13-16H2,1H3,(H,23,26). The molecule has 1 amide bonds. The van der Waals surface area contributed by atoms with Gasteiger partial charge in [-0.2, -0.15) is 4.31 Å². The van der Waals surface area contributed by atoms with E-state index in [4.69, 9.17) is 0 Å². The monoisotopic (exact) mass is 479 g/mol. The van der Waals surface area contributed by atoms with Gasteiger partial charge in [0.2, 0.25) is 15.9 Å². The first-order valence-electron chi connectivity index (χ1n) is 9.65. The predicted molar refractivity (Wildman–Crippen MR) is 117 cm³/mol. The van der Waals surface area contributed by atoms with Crippen LogP contribution < -0.4 is 5.32 Å². The number of likely N-dealkylation sites (N-methyl/N-ethyl adjacent to an activating group) is 1. The van der Waals surface area contributed by atoms with Gasteiger partial charge in [-0.25, -0.2) is 8.42 Å². The second kappa shape index (κ2) is 9.84. The lowest BCUT2D eigenvalue weighted by Crippen LogP contribution is -2.42. The van der Waals surface area contributed by atoms with E-state index in [1.807, 2.05) is 18.2 Å². The van der Waals surface area contributed by atoms with Crippen LogP contribution in [-0.4, -0.2) is 56.8 Å². The number of carbonyl (C=O) groups is 1. The predicted octanol–water partition coefficient (Wildman–Crippen LogP) is 3.02. The maximum absolute atomic E-state index is 12.7. The highest BCUT2D eigenvalue weighted by molar-refractivity contribution is 9.10. The van der Waals surface area contributed by atoms with Crippen LogP contribution in [0.15, 0.2) is 64.0 Å². The van der Waals surface area contributed by atoms with Crippen LogP contribution in [0.4, 0.5) is 0 Å². The second-order valence-corrected chi connectivity index (χ2v) is 10.1. The molecule has 0 radical (unpaired) electrons. The summed E-state index contributed by atoms with van der Waals surface area (Å²) in [6.07, 6.45) is 2.32. The van der Waals surface area contributed by atoms with Crippen molar-refractivity contribution in [1.29, 1.82) is 0 Å². The summed E-state index contributed by atoms with van der Waals surface area (Å²) >= 11 is 3.29. The second-order valence-electron chi connectivity index (χ2n) is 7.19. The van der Waals surface area contributed by atoms with Gasteiger partial charge in [-0.3, -0.25) is 9.69 Å². The molecule has 1 unspecified atom stereocenters. The number of benzene rings is 2. The number of sulfonamides is 1. The first kappa shape index (κ1) is 22.0. The largest absolute Gasteiger partial charge is 0.353 e. The van der Waals surface area contributed by atoms with Crippen LogP contribution in [0.1, 0.15) is 24.4 Å². The average molecular weight is 480 g/mol. The zero-order valence-electron chi connectivity index (χ0n) is 16.4. The number of nitrogens with zero attached hydrogens (tertiary/aromatic N) is 2. The third-order valence-electron chi connectivity index (χ3n) is 5.15. The summed E-state index contributed by atoms with van der Waals surface area (Å²) in [5, 5.41) is 2.93. The Morgan fingerprint density at radius 2 is 1.72 bits per heavy atom. The Labute approximate surface area is 181 Å². The van der Waals surface area contributed by atoms with Gasteiger partial charge >= 0.3 is 0 Å². The molecule has 1 saturated heterocycles. The quantitative estimate of drug-likeness (QED) is 0.631. The number of amides is 1. The molecule has 0 saturated carbocycles. The fourth-order valence-corrected chi connectivity index (χ4v) is 4.92. The first-order chi connectivity index (χ1) is 13.9. The molecule has 3 rings (SSSR count). The van der Waals surface area contributed by atoms with Crippen molar-refractivity contribution in [3.8, 4) is 0 Å². The normalized spacial score (nSPS) is 16.1. The Kier molecular flexibility index (Phi) is 7.45. The van der Waals surface area contributed by atoms with Crippen molar-refractivity contribution in [2.75, 3.05) is 33.2 Å². The van der Waals surface area contributed by atoms with Crippen LogP contribution in [0.25, 0.3) is 0 Å². The molecule has 1 fully saturated rings. The molecule has 8 heteroatoms. The highest BCUT2D eigenvalue weighted by Crippen LogP contribution is 2.24. The molecule has 0 aromatic heterocycles. The zero-order valence-corrected chi connectivity index (χ0v) is 18.8. The molecule has 156 valence electrons. The maximum atomic E-state index is 12.7. The molecule has 0 bridgehead atoms. The Bertz CT molecular complexity index is 914. The minimum Gasteiger partial charge on any atom is -0.353 e. The van der Waals surface area contributed by atoms with Gasteiger partial charge in [-0.05, 0) is 55.8 Å². The number of likely N-dealkylation sites (tertiary alicyclic amines) is 1. The molecule has 1 atom stereocenters. The van der Waals surface area contributed by atoms with Gasteiger partial charge in [-0.15, -0.1) is 0 Å². The van der Waals surface area contributed by atoms with Gasteiger partial charge in [0, 0.05) is 18.1 Å². The molecule has 1 heterocycles. The fourth-order valence-electron chi connectivity index (χ4n) is 3.53. The van der Waals surface area contributed by atoms with Crippen molar-refractivity contribution in [3.63, 3.8) is 0 Å². The summed E-state index contributed by atoms with van der Waals surface area (Å²) in [6.45, 7) is 2.25. The summed E-state index contributed by atoms with van der Waals surface area (Å²) < 4.78 is 27.2. The average Bonchev–Trinajstić information content (AvgIpc) is 3.24. The van der Waals surface area contributed by atoms with E-state index in [1.165, 1.54) is 19.2 Å². The summed E-state index contributed by atoms with van der Waals surface area (Å²) in [4.78, 5) is 15.0. The van der Waals surface area contributed by atoms with E-state index in [-0.39, 0.29) is 23.4 Å². The fraction of sp³-hybridized carbons (Fsp3) is 0.381. The molecule has 0 spiro atoms. The lowest BCUT2D eigenvalue weighted by atomic mass is 10.1. The summed E-state index contributed by atoms with van der Waals surface area (Å²) in [7, 11) is -2.29. The van der Waals surface area contributed by atoms with E-state index < -0.39 is 10.0 Å². The number of rotatable bonds is 8. The van der Waals surface area contributed by atoms with Crippen LogP contribution in [0.3, 0.4) is 0 Å². The number of nitrogens with one attached hydrogen (secondary N) is 1. The van der Waals surface area contributed by atoms with E-state index in [9.17, 15) is 13.2 Å². The third kappa shape index (κ3) is 5.66. The van der Waals surface area contributed by atoms with Gasteiger partial charge in [0.05, 0.1) is 17.5 Å². The van der Waals surface area contributed by atoms with Crippen molar-refractivity contribution in [2.45, 2.75) is 23.8 Å². The molecule has 6 nitrogen and oxygen atoms in total. The molecule has 2 aromatic carbocycles. The molecular formula is C21H26BrN3O3S. The van der Waals surface area contributed by atoms with E-state index in [0.29, 0.717) is 6.54 Å². The minimum atomic E-state index is -3.72. The third-order valence-corrected chi connectivity index (χ3v) is 7.49. The molecule has 29 heavy (non-hydrogen) atoms. The lowest BCUT2D eigenvalue weighted by Gasteiger charge is -2.28. The van der Waals surface area contributed by atoms with E-state index in [0.717, 1.165) is 40.3 Å². The summed E-state index contributed by atoms with van der Waals surface area (Å²) in [5.41, 5.74) is 1.16. The van der Waals surface area contributed by atoms with Crippen molar-refractivity contribution >= 4 is 31.9 Å². The van der Waals surface area contributed by atoms with Crippen LogP contribution in [-0.2, 0) is 14.8 Å². The minimum absolute atomic E-state index is 0.0936. The van der Waals surface area contributed by atoms with Crippen molar-refractivity contribution in [2.24, 2.45) is 0 Å². The van der Waals surface area contributed by atoms with Crippen molar-refractivity contribution in [3.05, 3.63) is 64.6 Å². The Balaban J connectivity index is 1.62. The first-order valence-corrected chi connectivity index (χ1v) is 11.9. The van der Waals surface area contributed by atoms with Crippen molar-refractivity contribution < 1.29 is 13.2 Å². The number of halogens is 1. The van der Waals surface area contributed by atoms with E-state index in [1.54, 1.807) is 12.1 Å². The molecular weight excluding hydrogens is 454 g/mol. The van der Waals surface area contributed by atoms with Crippen LogP contribution in [0.2, 0.25) is 0 Å².